The van der Waals surface area contributed by atoms with E-state index in [0.29, 0.717) is 18.4 Å². The number of nitriles is 1. The third-order valence-electron chi connectivity index (χ3n) is 4.80. The van der Waals surface area contributed by atoms with E-state index >= 15 is 0 Å². The highest BCUT2D eigenvalue weighted by molar-refractivity contribution is 5.79. The average molecular weight is 301 g/mol. The summed E-state index contributed by atoms with van der Waals surface area (Å²) in [7, 11) is 0. The number of nitrogens with zero attached hydrogens (tertiary/aromatic N) is 3. The SMILES string of the molecule is C[C@](C#N)(NC(=O)CN1CCC[C@H](c2ncc[nH]2)C1)C1CC1. The molecule has 6 nitrogen and oxygen atoms in total. The molecule has 2 heterocycles. The van der Waals surface area contributed by atoms with Gasteiger partial charge in [-0.2, -0.15) is 5.26 Å². The fourth-order valence-electron chi connectivity index (χ4n) is 3.34. The van der Waals surface area contributed by atoms with Crippen molar-refractivity contribution in [1.29, 1.82) is 5.26 Å². The lowest BCUT2D eigenvalue weighted by molar-refractivity contribution is -0.124. The molecule has 0 unspecified atom stereocenters. The third-order valence-corrected chi connectivity index (χ3v) is 4.80. The molecule has 3 rings (SSSR count). The Hall–Kier alpha value is -1.87. The zero-order valence-electron chi connectivity index (χ0n) is 13.0. The first-order chi connectivity index (χ1) is 10.6. The molecule has 0 spiro atoms. The number of carbonyl (C=O) groups is 1. The number of H-pyrrole nitrogens is 1. The van der Waals surface area contributed by atoms with Crippen LogP contribution < -0.4 is 5.32 Å². The zero-order chi connectivity index (χ0) is 15.6. The van der Waals surface area contributed by atoms with Crippen molar-refractivity contribution in [2.24, 2.45) is 5.92 Å². The first-order valence-corrected chi connectivity index (χ1v) is 8.04. The highest BCUT2D eigenvalue weighted by atomic mass is 16.2. The lowest BCUT2D eigenvalue weighted by Gasteiger charge is -2.32. The zero-order valence-corrected chi connectivity index (χ0v) is 13.0. The summed E-state index contributed by atoms with van der Waals surface area (Å²) in [6.07, 6.45) is 7.85. The van der Waals surface area contributed by atoms with E-state index in [1.807, 2.05) is 13.1 Å². The van der Waals surface area contributed by atoms with Gasteiger partial charge in [0, 0.05) is 24.9 Å². The molecule has 2 atom stereocenters. The predicted octanol–water partition coefficient (Wildman–Crippen LogP) is 1.40. The Morgan fingerprint density at radius 3 is 3.05 bits per heavy atom. The molecule has 118 valence electrons. The fourth-order valence-corrected chi connectivity index (χ4v) is 3.34. The van der Waals surface area contributed by atoms with Gasteiger partial charge in [-0.15, -0.1) is 0 Å². The van der Waals surface area contributed by atoms with Gasteiger partial charge >= 0.3 is 0 Å². The molecule has 1 aliphatic carbocycles. The van der Waals surface area contributed by atoms with E-state index in [0.717, 1.165) is 44.6 Å². The van der Waals surface area contributed by atoms with Gasteiger partial charge in [0.25, 0.3) is 0 Å². The van der Waals surface area contributed by atoms with E-state index in [-0.39, 0.29) is 5.91 Å². The highest BCUT2D eigenvalue weighted by Crippen LogP contribution is 2.39. The van der Waals surface area contributed by atoms with Gasteiger partial charge in [-0.1, -0.05) is 0 Å². The summed E-state index contributed by atoms with van der Waals surface area (Å²) >= 11 is 0. The van der Waals surface area contributed by atoms with E-state index in [9.17, 15) is 10.1 Å². The lowest BCUT2D eigenvalue weighted by atomic mass is 9.96. The molecule has 1 amide bonds. The normalized spacial score (nSPS) is 25.2. The molecule has 0 bridgehead atoms. The Kier molecular flexibility index (Phi) is 4.16. The molecule has 1 aromatic rings. The molecule has 1 saturated carbocycles. The summed E-state index contributed by atoms with van der Waals surface area (Å²) in [5.74, 6) is 1.64. The van der Waals surface area contributed by atoms with Crippen LogP contribution in [0.4, 0.5) is 0 Å². The summed E-state index contributed by atoms with van der Waals surface area (Å²) in [6.45, 7) is 3.97. The van der Waals surface area contributed by atoms with Crippen molar-refractivity contribution < 1.29 is 4.79 Å². The smallest absolute Gasteiger partial charge is 0.235 e. The number of hydrogen-bond donors (Lipinski definition) is 2. The molecule has 2 aliphatic rings. The maximum atomic E-state index is 12.3. The second-order valence-corrected chi connectivity index (χ2v) is 6.69. The lowest BCUT2D eigenvalue weighted by Crippen LogP contribution is -2.51. The fraction of sp³-hybridized carbons (Fsp3) is 0.688. The van der Waals surface area contributed by atoms with Crippen LogP contribution in [0.3, 0.4) is 0 Å². The summed E-state index contributed by atoms with van der Waals surface area (Å²) in [5.41, 5.74) is -0.701. The molecule has 2 fully saturated rings. The van der Waals surface area contributed by atoms with Gasteiger partial charge < -0.3 is 10.3 Å². The third kappa shape index (κ3) is 3.30. The van der Waals surface area contributed by atoms with Crippen LogP contribution in [0.1, 0.15) is 44.3 Å². The van der Waals surface area contributed by atoms with Gasteiger partial charge in [0.2, 0.25) is 5.91 Å². The summed E-state index contributed by atoms with van der Waals surface area (Å²) in [4.78, 5) is 21.9. The maximum Gasteiger partial charge on any atom is 0.235 e. The number of aromatic nitrogens is 2. The van der Waals surface area contributed by atoms with Crippen LogP contribution in [0.2, 0.25) is 0 Å². The Morgan fingerprint density at radius 1 is 1.59 bits per heavy atom. The Balaban J connectivity index is 1.54. The number of amides is 1. The van der Waals surface area contributed by atoms with Gasteiger partial charge in [0.05, 0.1) is 12.6 Å². The standard InChI is InChI=1S/C16H23N5O/c1-16(11-17,13-4-5-13)20-14(22)10-21-8-2-3-12(9-21)15-18-6-7-19-15/h6-7,12-13H,2-5,8-10H2,1H3,(H,18,19)(H,20,22)/t12-,16+/m0/s1. The molecule has 0 aromatic carbocycles. The molecule has 1 saturated heterocycles. The summed E-state index contributed by atoms with van der Waals surface area (Å²) in [6, 6.07) is 2.27. The molecule has 1 aliphatic heterocycles. The van der Waals surface area contributed by atoms with Crippen molar-refractivity contribution in [1.82, 2.24) is 20.2 Å². The van der Waals surface area contributed by atoms with Crippen LogP contribution >= 0.6 is 0 Å². The molecular weight excluding hydrogens is 278 g/mol. The number of rotatable bonds is 5. The highest BCUT2D eigenvalue weighted by Gasteiger charge is 2.43. The Labute approximate surface area is 130 Å². The van der Waals surface area contributed by atoms with E-state index in [1.165, 1.54) is 0 Å². The van der Waals surface area contributed by atoms with Crippen LogP contribution in [0, 0.1) is 17.2 Å². The maximum absolute atomic E-state index is 12.3. The van der Waals surface area contributed by atoms with Crippen LogP contribution in [0.25, 0.3) is 0 Å². The largest absolute Gasteiger partial charge is 0.348 e. The quantitative estimate of drug-likeness (QED) is 0.861. The minimum absolute atomic E-state index is 0.0453. The number of carbonyl (C=O) groups excluding carboxylic acids is 1. The van der Waals surface area contributed by atoms with Gasteiger partial charge in [0.15, 0.2) is 0 Å². The topological polar surface area (TPSA) is 84.8 Å². The number of aromatic amines is 1. The van der Waals surface area contributed by atoms with Gasteiger partial charge in [-0.05, 0) is 45.1 Å². The first-order valence-electron chi connectivity index (χ1n) is 8.04. The van der Waals surface area contributed by atoms with Gasteiger partial charge in [-0.25, -0.2) is 4.98 Å². The van der Waals surface area contributed by atoms with Crippen LogP contribution in [0.5, 0.6) is 0 Å². The van der Waals surface area contributed by atoms with Crippen molar-refractivity contribution in [3.8, 4) is 6.07 Å². The molecule has 0 radical (unpaired) electrons. The minimum Gasteiger partial charge on any atom is -0.348 e. The minimum atomic E-state index is -0.701. The van der Waals surface area contributed by atoms with E-state index in [2.05, 4.69) is 26.3 Å². The predicted molar refractivity (Wildman–Crippen MR) is 81.9 cm³/mol. The van der Waals surface area contributed by atoms with Crippen LogP contribution in [0.15, 0.2) is 12.4 Å². The van der Waals surface area contributed by atoms with Crippen LogP contribution in [-0.2, 0) is 4.79 Å². The Bertz CT molecular complexity index is 560. The second-order valence-electron chi connectivity index (χ2n) is 6.69. The summed E-state index contributed by atoms with van der Waals surface area (Å²) in [5, 5.41) is 12.3. The monoisotopic (exact) mass is 301 g/mol. The van der Waals surface area contributed by atoms with E-state index in [4.69, 9.17) is 0 Å². The van der Waals surface area contributed by atoms with Crippen molar-refractivity contribution in [2.75, 3.05) is 19.6 Å². The van der Waals surface area contributed by atoms with Crippen molar-refractivity contribution in [3.05, 3.63) is 18.2 Å². The Morgan fingerprint density at radius 2 is 2.41 bits per heavy atom. The number of imidazole rings is 1. The van der Waals surface area contributed by atoms with Crippen molar-refractivity contribution >= 4 is 5.91 Å². The number of nitrogens with one attached hydrogen (secondary N) is 2. The molecular formula is C16H23N5O. The second kappa shape index (κ2) is 6.09. The summed E-state index contributed by atoms with van der Waals surface area (Å²) < 4.78 is 0. The van der Waals surface area contributed by atoms with Gasteiger partial charge in [-0.3, -0.25) is 9.69 Å². The molecule has 22 heavy (non-hydrogen) atoms. The van der Waals surface area contributed by atoms with Crippen molar-refractivity contribution in [3.63, 3.8) is 0 Å². The molecule has 1 aromatic heterocycles. The van der Waals surface area contributed by atoms with E-state index < -0.39 is 5.54 Å². The average Bonchev–Trinajstić information content (AvgIpc) is 3.23. The van der Waals surface area contributed by atoms with Crippen LogP contribution in [-0.4, -0.2) is 45.9 Å². The number of hydrogen-bond acceptors (Lipinski definition) is 4. The number of piperidine rings is 1. The van der Waals surface area contributed by atoms with Gasteiger partial charge in [0.1, 0.15) is 11.4 Å². The molecule has 6 heteroatoms. The van der Waals surface area contributed by atoms with Crippen molar-refractivity contribution in [2.45, 2.75) is 44.1 Å². The van der Waals surface area contributed by atoms with E-state index in [1.54, 1.807) is 6.20 Å². The number of likely N-dealkylation sites (tertiary alicyclic amines) is 1. The molecule has 2 N–H and O–H groups in total. The first kappa shape index (κ1) is 15.0.